The molecule has 0 aliphatic carbocycles. The van der Waals surface area contributed by atoms with Crippen LogP contribution in [0.25, 0.3) is 0 Å². The molecule has 0 amide bonds. The van der Waals surface area contributed by atoms with Crippen molar-refractivity contribution in [2.24, 2.45) is 5.41 Å². The molecule has 1 aromatic rings. The van der Waals surface area contributed by atoms with Crippen molar-refractivity contribution in [1.29, 1.82) is 0 Å². The number of para-hydroxylation sites is 1. The van der Waals surface area contributed by atoms with Gasteiger partial charge in [-0.1, -0.05) is 31.9 Å². The number of rotatable bonds is 1. The van der Waals surface area contributed by atoms with Crippen molar-refractivity contribution in [3.63, 3.8) is 0 Å². The molecule has 0 N–H and O–H groups in total. The van der Waals surface area contributed by atoms with E-state index in [4.69, 9.17) is 11.0 Å². The maximum absolute atomic E-state index is 8.69. The van der Waals surface area contributed by atoms with Crippen LogP contribution >= 0.6 is 0 Å². The van der Waals surface area contributed by atoms with E-state index in [1.807, 2.05) is 19.1 Å². The summed E-state index contributed by atoms with van der Waals surface area (Å²) in [4.78, 5) is 1.64. The molecule has 1 heterocycles. The summed E-state index contributed by atoms with van der Waals surface area (Å²) in [7, 11) is 0. The Bertz CT molecular complexity index is 645. The van der Waals surface area contributed by atoms with Crippen molar-refractivity contribution in [2.45, 2.75) is 59.4 Å². The summed E-state index contributed by atoms with van der Waals surface area (Å²) in [6.07, 6.45) is -2.49. The SMILES string of the molecule is [2H]C([2H])([2H])C1(C([2H])([2H])[2H])C(C)N(c2ccccc2C)C(C)(C)C1([2H])[2H]. The largest absolute Gasteiger partial charge is 0.363 e. The Morgan fingerprint density at radius 1 is 1.35 bits per heavy atom. The fourth-order valence-electron chi connectivity index (χ4n) is 2.67. The third kappa shape index (κ3) is 1.96. The summed E-state index contributed by atoms with van der Waals surface area (Å²) in [5.74, 6) is 0. The Kier molecular flexibility index (Phi) is 1.28. The standard InChI is InChI=1S/C16H25N/c1-12-9-7-8-10-14(12)17-13(2)15(3,4)11-16(17,5)6/h7-10,13H,11H2,1-6H3/i3D3,4D3,11D2. The normalized spacial score (nSPS) is 37.6. The molecule has 1 aliphatic rings. The number of benzene rings is 1. The molecule has 1 fully saturated rings. The Morgan fingerprint density at radius 2 is 2.00 bits per heavy atom. The Hall–Kier alpha value is -0.980. The summed E-state index contributed by atoms with van der Waals surface area (Å²) < 4.78 is 65.4. The zero-order chi connectivity index (χ0) is 19.6. The first kappa shape index (κ1) is 5.77. The van der Waals surface area contributed by atoms with Crippen molar-refractivity contribution >= 4 is 5.69 Å². The second-order valence-electron chi connectivity index (χ2n) is 5.32. The van der Waals surface area contributed by atoms with Crippen LogP contribution < -0.4 is 4.90 Å². The van der Waals surface area contributed by atoms with E-state index in [0.29, 0.717) is 5.69 Å². The summed E-state index contributed by atoms with van der Waals surface area (Å²) in [6.45, 7) is 0.506. The van der Waals surface area contributed by atoms with Crippen LogP contribution in [0.1, 0.15) is 57.4 Å². The van der Waals surface area contributed by atoms with Crippen LogP contribution in [0.3, 0.4) is 0 Å². The predicted octanol–water partition coefficient (Wildman–Crippen LogP) is 4.40. The maximum atomic E-state index is 8.69. The van der Waals surface area contributed by atoms with Crippen LogP contribution in [0, 0.1) is 12.3 Å². The zero-order valence-electron chi connectivity index (χ0n) is 18.8. The summed E-state index contributed by atoms with van der Waals surface area (Å²) in [5.41, 5.74) is -2.36. The first-order valence-electron chi connectivity index (χ1n) is 9.90. The average Bonchev–Trinajstić information content (AvgIpc) is 2.50. The van der Waals surface area contributed by atoms with Gasteiger partial charge in [-0.05, 0) is 51.1 Å². The van der Waals surface area contributed by atoms with Crippen molar-refractivity contribution in [3.05, 3.63) is 29.8 Å². The quantitative estimate of drug-likeness (QED) is 0.702. The monoisotopic (exact) mass is 239 g/mol. The third-order valence-electron chi connectivity index (χ3n) is 3.49. The minimum atomic E-state index is -3.00. The molecular formula is C16H25N. The predicted molar refractivity (Wildman–Crippen MR) is 75.6 cm³/mol. The molecule has 0 saturated carbocycles. The van der Waals surface area contributed by atoms with E-state index in [1.165, 1.54) is 6.92 Å². The van der Waals surface area contributed by atoms with Gasteiger partial charge in [0.05, 0.1) is 0 Å². The Balaban J connectivity index is 2.88. The van der Waals surface area contributed by atoms with Crippen molar-refractivity contribution in [2.75, 3.05) is 4.90 Å². The van der Waals surface area contributed by atoms with Crippen LogP contribution in [0.4, 0.5) is 5.69 Å². The summed E-state index contributed by atoms with van der Waals surface area (Å²) >= 11 is 0. The van der Waals surface area contributed by atoms with E-state index in [9.17, 15) is 0 Å². The van der Waals surface area contributed by atoms with Gasteiger partial charge < -0.3 is 4.90 Å². The van der Waals surface area contributed by atoms with Gasteiger partial charge in [-0.3, -0.25) is 0 Å². The molecule has 1 aliphatic heterocycles. The van der Waals surface area contributed by atoms with Gasteiger partial charge in [-0.25, -0.2) is 0 Å². The van der Waals surface area contributed by atoms with E-state index in [2.05, 4.69) is 0 Å². The average molecular weight is 239 g/mol. The van der Waals surface area contributed by atoms with Crippen molar-refractivity contribution in [3.8, 4) is 0 Å². The topological polar surface area (TPSA) is 3.24 Å². The molecule has 0 radical (unpaired) electrons. The Labute approximate surface area is 117 Å². The summed E-state index contributed by atoms with van der Waals surface area (Å²) in [5, 5.41) is 0. The lowest BCUT2D eigenvalue weighted by Crippen LogP contribution is -2.43. The molecule has 1 nitrogen and oxygen atoms in total. The fraction of sp³-hybridized carbons (Fsp3) is 0.625. The van der Waals surface area contributed by atoms with Gasteiger partial charge in [-0.15, -0.1) is 0 Å². The van der Waals surface area contributed by atoms with E-state index >= 15 is 0 Å². The lowest BCUT2D eigenvalue weighted by Gasteiger charge is -2.38. The minimum absolute atomic E-state index is 0.652. The first-order valence-corrected chi connectivity index (χ1v) is 5.90. The first-order chi connectivity index (χ1) is 11.0. The maximum Gasteiger partial charge on any atom is 0.0402 e. The Morgan fingerprint density at radius 3 is 2.53 bits per heavy atom. The molecule has 0 spiro atoms. The highest BCUT2D eigenvalue weighted by molar-refractivity contribution is 5.57. The number of hydrogen-bond donors (Lipinski definition) is 0. The molecule has 17 heavy (non-hydrogen) atoms. The van der Waals surface area contributed by atoms with E-state index in [-0.39, 0.29) is 0 Å². The highest BCUT2D eigenvalue weighted by Gasteiger charge is 2.48. The highest BCUT2D eigenvalue weighted by Crippen LogP contribution is 2.48. The highest BCUT2D eigenvalue weighted by atomic mass is 15.3. The van der Waals surface area contributed by atoms with Gasteiger partial charge in [0.15, 0.2) is 0 Å². The van der Waals surface area contributed by atoms with Crippen molar-refractivity contribution < 1.29 is 11.0 Å². The molecule has 94 valence electrons. The van der Waals surface area contributed by atoms with Crippen LogP contribution in [0.5, 0.6) is 0 Å². The van der Waals surface area contributed by atoms with Crippen LogP contribution in [0.2, 0.25) is 0 Å². The molecule has 1 heteroatoms. The number of anilines is 1. The molecule has 0 bridgehead atoms. The lowest BCUT2D eigenvalue weighted by atomic mass is 9.82. The second kappa shape index (κ2) is 3.76. The van der Waals surface area contributed by atoms with Gasteiger partial charge in [-0.2, -0.15) is 0 Å². The second-order valence-corrected chi connectivity index (χ2v) is 5.32. The molecular weight excluding hydrogens is 206 g/mol. The zero-order valence-corrected chi connectivity index (χ0v) is 10.8. The smallest absolute Gasteiger partial charge is 0.0402 e. The third-order valence-corrected chi connectivity index (χ3v) is 3.49. The molecule has 2 rings (SSSR count). The molecule has 1 unspecified atom stereocenters. The minimum Gasteiger partial charge on any atom is -0.363 e. The molecule has 1 saturated heterocycles. The number of hydrogen-bond acceptors (Lipinski definition) is 1. The van der Waals surface area contributed by atoms with Gasteiger partial charge in [0.2, 0.25) is 0 Å². The van der Waals surface area contributed by atoms with Gasteiger partial charge >= 0.3 is 0 Å². The van der Waals surface area contributed by atoms with Crippen LogP contribution in [-0.4, -0.2) is 11.6 Å². The van der Waals surface area contributed by atoms with Crippen LogP contribution in [-0.2, 0) is 0 Å². The molecule has 1 aromatic carbocycles. The van der Waals surface area contributed by atoms with Gasteiger partial charge in [0, 0.05) is 28.2 Å². The van der Waals surface area contributed by atoms with Crippen molar-refractivity contribution in [1.82, 2.24) is 0 Å². The summed E-state index contributed by atoms with van der Waals surface area (Å²) in [6, 6.07) is 6.18. The van der Waals surface area contributed by atoms with E-state index < -0.39 is 37.1 Å². The van der Waals surface area contributed by atoms with Gasteiger partial charge in [0.25, 0.3) is 0 Å². The number of aryl methyl sites for hydroxylation is 1. The lowest BCUT2D eigenvalue weighted by molar-refractivity contribution is 0.329. The number of nitrogens with zero attached hydrogens (tertiary/aromatic N) is 1. The van der Waals surface area contributed by atoms with Crippen LogP contribution in [0.15, 0.2) is 24.3 Å². The fourth-order valence-corrected chi connectivity index (χ4v) is 2.67. The van der Waals surface area contributed by atoms with Gasteiger partial charge in [0.1, 0.15) is 0 Å². The van der Waals surface area contributed by atoms with E-state index in [0.717, 1.165) is 5.56 Å². The molecule has 0 aromatic heterocycles. The van der Waals surface area contributed by atoms with E-state index in [1.54, 1.807) is 30.9 Å². The molecule has 1 atom stereocenters.